The van der Waals surface area contributed by atoms with Crippen molar-refractivity contribution in [1.29, 1.82) is 0 Å². The van der Waals surface area contributed by atoms with Gasteiger partial charge >= 0.3 is 0 Å². The van der Waals surface area contributed by atoms with Crippen LogP contribution in [0.2, 0.25) is 0 Å². The number of unbranched alkanes of at least 4 members (excludes halogenated alkanes) is 1. The molecule has 0 unspecified atom stereocenters. The summed E-state index contributed by atoms with van der Waals surface area (Å²) >= 11 is 0. The largest absolute Gasteiger partial charge is 0.276 e. The molecule has 0 aliphatic carbocycles. The Kier molecular flexibility index (Phi) is 6.42. The SMILES string of the molecule is CCCCc1ccc(S(=O)(=O)Nc2c(C)nn(Cc3ccc(C)cc3)c2C)cc1. The number of benzene rings is 2. The van der Waals surface area contributed by atoms with Crippen LogP contribution < -0.4 is 4.72 Å². The Balaban J connectivity index is 1.80. The van der Waals surface area contributed by atoms with Crippen LogP contribution in [0.1, 0.15) is 47.8 Å². The molecule has 154 valence electrons. The molecule has 1 heterocycles. The van der Waals surface area contributed by atoms with Crippen molar-refractivity contribution < 1.29 is 8.42 Å². The van der Waals surface area contributed by atoms with Crippen LogP contribution in [-0.4, -0.2) is 18.2 Å². The van der Waals surface area contributed by atoms with Gasteiger partial charge in [0.1, 0.15) is 0 Å². The van der Waals surface area contributed by atoms with Crippen molar-refractivity contribution in [2.45, 2.75) is 58.4 Å². The third kappa shape index (κ3) is 5.07. The molecule has 0 saturated heterocycles. The van der Waals surface area contributed by atoms with Crippen LogP contribution >= 0.6 is 0 Å². The van der Waals surface area contributed by atoms with Gasteiger partial charge in [-0.1, -0.05) is 55.3 Å². The van der Waals surface area contributed by atoms with Crippen LogP contribution in [-0.2, 0) is 23.0 Å². The Morgan fingerprint density at radius 2 is 1.55 bits per heavy atom. The third-order valence-corrected chi connectivity index (χ3v) is 6.49. The number of aromatic nitrogens is 2. The molecule has 0 bridgehead atoms. The van der Waals surface area contributed by atoms with Crippen molar-refractivity contribution in [3.8, 4) is 0 Å². The molecule has 0 fully saturated rings. The fraction of sp³-hybridized carbons (Fsp3) is 0.348. The van der Waals surface area contributed by atoms with Crippen molar-refractivity contribution in [3.63, 3.8) is 0 Å². The molecule has 0 saturated carbocycles. The second-order valence-electron chi connectivity index (χ2n) is 7.54. The molecular formula is C23H29N3O2S. The van der Waals surface area contributed by atoms with E-state index in [0.29, 0.717) is 17.9 Å². The second kappa shape index (κ2) is 8.82. The molecule has 0 amide bonds. The normalized spacial score (nSPS) is 11.6. The van der Waals surface area contributed by atoms with Crippen molar-refractivity contribution in [2.75, 3.05) is 4.72 Å². The summed E-state index contributed by atoms with van der Waals surface area (Å²) in [4.78, 5) is 0.267. The van der Waals surface area contributed by atoms with Gasteiger partial charge in [-0.15, -0.1) is 0 Å². The first-order valence-electron chi connectivity index (χ1n) is 10.0. The summed E-state index contributed by atoms with van der Waals surface area (Å²) in [5.41, 5.74) is 5.50. The van der Waals surface area contributed by atoms with Gasteiger partial charge in [-0.05, 0) is 56.9 Å². The highest BCUT2D eigenvalue weighted by atomic mass is 32.2. The van der Waals surface area contributed by atoms with Crippen LogP contribution in [0.15, 0.2) is 53.4 Å². The number of rotatable bonds is 8. The average Bonchev–Trinajstić information content (AvgIpc) is 2.95. The first-order valence-corrected chi connectivity index (χ1v) is 11.5. The molecule has 0 spiro atoms. The van der Waals surface area contributed by atoms with Gasteiger partial charge in [-0.2, -0.15) is 5.10 Å². The molecule has 29 heavy (non-hydrogen) atoms. The molecule has 1 N–H and O–H groups in total. The van der Waals surface area contributed by atoms with E-state index < -0.39 is 10.0 Å². The van der Waals surface area contributed by atoms with Crippen LogP contribution in [0, 0.1) is 20.8 Å². The van der Waals surface area contributed by atoms with Crippen molar-refractivity contribution in [3.05, 3.63) is 76.6 Å². The number of nitrogens with one attached hydrogen (secondary N) is 1. The molecule has 3 rings (SSSR count). The van der Waals surface area contributed by atoms with Gasteiger partial charge in [0.2, 0.25) is 0 Å². The third-order valence-electron chi connectivity index (χ3n) is 5.12. The molecular weight excluding hydrogens is 382 g/mol. The van der Waals surface area contributed by atoms with E-state index in [4.69, 9.17) is 0 Å². The lowest BCUT2D eigenvalue weighted by molar-refractivity contribution is 0.601. The molecule has 6 heteroatoms. The number of anilines is 1. The maximum atomic E-state index is 12.9. The number of hydrogen-bond donors (Lipinski definition) is 1. The summed E-state index contributed by atoms with van der Waals surface area (Å²) in [5, 5.41) is 4.54. The molecule has 0 atom stereocenters. The summed E-state index contributed by atoms with van der Waals surface area (Å²) in [5.74, 6) is 0. The zero-order valence-electron chi connectivity index (χ0n) is 17.6. The van der Waals surface area contributed by atoms with E-state index in [2.05, 4.69) is 47.9 Å². The van der Waals surface area contributed by atoms with Gasteiger partial charge in [0.15, 0.2) is 0 Å². The summed E-state index contributed by atoms with van der Waals surface area (Å²) < 4.78 is 30.4. The molecule has 0 radical (unpaired) electrons. The predicted octanol–water partition coefficient (Wildman–Crippen LogP) is 5.00. The standard InChI is InChI=1S/C23H29N3O2S/c1-5-6-7-20-12-14-22(15-13-20)29(27,28)25-23-18(3)24-26(19(23)4)16-21-10-8-17(2)9-11-21/h8-15,25H,5-7,16H2,1-4H3. The maximum absolute atomic E-state index is 12.9. The lowest BCUT2D eigenvalue weighted by atomic mass is 10.1. The molecule has 3 aromatic rings. The number of sulfonamides is 1. The number of nitrogens with zero attached hydrogens (tertiary/aromatic N) is 2. The van der Waals surface area contributed by atoms with E-state index in [1.807, 2.05) is 30.7 Å². The minimum absolute atomic E-state index is 0.267. The fourth-order valence-corrected chi connectivity index (χ4v) is 4.45. The van der Waals surface area contributed by atoms with Gasteiger partial charge in [0.25, 0.3) is 10.0 Å². The molecule has 1 aromatic heterocycles. The lowest BCUT2D eigenvalue weighted by Crippen LogP contribution is -2.14. The minimum Gasteiger partial charge on any atom is -0.276 e. The Bertz CT molecular complexity index is 1070. The van der Waals surface area contributed by atoms with E-state index in [1.165, 1.54) is 5.56 Å². The highest BCUT2D eigenvalue weighted by Gasteiger charge is 2.20. The number of aryl methyl sites for hydroxylation is 3. The molecule has 2 aromatic carbocycles. The van der Waals surface area contributed by atoms with Crippen LogP contribution in [0.4, 0.5) is 5.69 Å². The first kappa shape index (κ1) is 21.1. The smallest absolute Gasteiger partial charge is 0.262 e. The molecule has 5 nitrogen and oxygen atoms in total. The average molecular weight is 412 g/mol. The van der Waals surface area contributed by atoms with Gasteiger partial charge in [0.05, 0.1) is 28.5 Å². The Labute approximate surface area is 173 Å². The Morgan fingerprint density at radius 3 is 2.17 bits per heavy atom. The molecule has 0 aliphatic rings. The highest BCUT2D eigenvalue weighted by Crippen LogP contribution is 2.24. The minimum atomic E-state index is -3.66. The maximum Gasteiger partial charge on any atom is 0.262 e. The van der Waals surface area contributed by atoms with E-state index >= 15 is 0 Å². The zero-order valence-corrected chi connectivity index (χ0v) is 18.4. The van der Waals surface area contributed by atoms with Gasteiger partial charge in [-0.25, -0.2) is 8.42 Å². The van der Waals surface area contributed by atoms with Crippen molar-refractivity contribution in [1.82, 2.24) is 9.78 Å². The van der Waals surface area contributed by atoms with Gasteiger partial charge < -0.3 is 0 Å². The summed E-state index contributed by atoms with van der Waals surface area (Å²) in [6.45, 7) is 8.51. The zero-order chi connectivity index (χ0) is 21.0. The fourth-order valence-electron chi connectivity index (χ4n) is 3.27. The Hall–Kier alpha value is -2.60. The van der Waals surface area contributed by atoms with E-state index in [0.717, 1.165) is 36.1 Å². The van der Waals surface area contributed by atoms with Crippen LogP contribution in [0.25, 0.3) is 0 Å². The quantitative estimate of drug-likeness (QED) is 0.567. The van der Waals surface area contributed by atoms with E-state index in [1.54, 1.807) is 12.1 Å². The van der Waals surface area contributed by atoms with Gasteiger partial charge in [0, 0.05) is 0 Å². The second-order valence-corrected chi connectivity index (χ2v) is 9.22. The monoisotopic (exact) mass is 411 g/mol. The van der Waals surface area contributed by atoms with Gasteiger partial charge in [-0.3, -0.25) is 9.40 Å². The van der Waals surface area contributed by atoms with Crippen LogP contribution in [0.3, 0.4) is 0 Å². The van der Waals surface area contributed by atoms with Crippen molar-refractivity contribution in [2.24, 2.45) is 0 Å². The summed E-state index contributed by atoms with van der Waals surface area (Å²) in [6, 6.07) is 15.4. The highest BCUT2D eigenvalue weighted by molar-refractivity contribution is 7.92. The first-order chi connectivity index (χ1) is 13.8. The Morgan fingerprint density at radius 1 is 0.931 bits per heavy atom. The lowest BCUT2D eigenvalue weighted by Gasteiger charge is -2.10. The molecule has 0 aliphatic heterocycles. The van der Waals surface area contributed by atoms with E-state index in [-0.39, 0.29) is 4.90 Å². The topological polar surface area (TPSA) is 64.0 Å². The van der Waals surface area contributed by atoms with E-state index in [9.17, 15) is 8.42 Å². The summed E-state index contributed by atoms with van der Waals surface area (Å²) in [7, 11) is -3.66. The predicted molar refractivity (Wildman–Crippen MR) is 118 cm³/mol. The van der Waals surface area contributed by atoms with Crippen LogP contribution in [0.5, 0.6) is 0 Å². The number of hydrogen-bond acceptors (Lipinski definition) is 3. The summed E-state index contributed by atoms with van der Waals surface area (Å²) in [6.07, 6.45) is 3.18. The van der Waals surface area contributed by atoms with Crippen molar-refractivity contribution >= 4 is 15.7 Å².